The van der Waals surface area contributed by atoms with Crippen molar-refractivity contribution < 1.29 is 4.79 Å². The largest absolute Gasteiger partial charge is 0.353 e. The van der Waals surface area contributed by atoms with Crippen LogP contribution in [0.15, 0.2) is 17.8 Å². The van der Waals surface area contributed by atoms with E-state index in [0.717, 1.165) is 42.0 Å². The third-order valence-electron chi connectivity index (χ3n) is 3.35. The molecule has 100 valence electrons. The molecule has 5 nitrogen and oxygen atoms in total. The summed E-state index contributed by atoms with van der Waals surface area (Å²) in [5.41, 5.74) is 0.997. The van der Waals surface area contributed by atoms with Gasteiger partial charge in [-0.1, -0.05) is 0 Å². The number of nitrogens with zero attached hydrogens (tertiary/aromatic N) is 3. The van der Waals surface area contributed by atoms with Gasteiger partial charge in [0.15, 0.2) is 0 Å². The minimum absolute atomic E-state index is 0.0378. The molecule has 1 saturated heterocycles. The Morgan fingerprint density at radius 3 is 3.26 bits per heavy atom. The first-order valence-electron chi connectivity index (χ1n) is 6.44. The Hall–Kier alpha value is -1.69. The Morgan fingerprint density at radius 2 is 2.42 bits per heavy atom. The standard InChI is InChI=1S/C13H16N4OS/c1-9(18)16-10-3-2-5-17(7-10)13-12-11(4-6-19-12)14-8-15-13/h4,6,8,10H,2-3,5,7H2,1H3,(H,16,18). The Labute approximate surface area is 115 Å². The van der Waals surface area contributed by atoms with E-state index in [9.17, 15) is 4.79 Å². The van der Waals surface area contributed by atoms with Crippen LogP contribution in [0.25, 0.3) is 10.2 Å². The van der Waals surface area contributed by atoms with Gasteiger partial charge in [0.05, 0.1) is 10.2 Å². The Morgan fingerprint density at radius 1 is 1.53 bits per heavy atom. The van der Waals surface area contributed by atoms with Gasteiger partial charge in [-0.05, 0) is 24.3 Å². The maximum atomic E-state index is 11.2. The van der Waals surface area contributed by atoms with Crippen molar-refractivity contribution in [2.45, 2.75) is 25.8 Å². The van der Waals surface area contributed by atoms with E-state index in [1.807, 2.05) is 11.4 Å². The average Bonchev–Trinajstić information content (AvgIpc) is 2.86. The molecule has 0 saturated carbocycles. The van der Waals surface area contributed by atoms with Crippen molar-refractivity contribution in [3.63, 3.8) is 0 Å². The van der Waals surface area contributed by atoms with Gasteiger partial charge in [0, 0.05) is 26.1 Å². The van der Waals surface area contributed by atoms with E-state index >= 15 is 0 Å². The summed E-state index contributed by atoms with van der Waals surface area (Å²) in [4.78, 5) is 22.1. The van der Waals surface area contributed by atoms with Crippen LogP contribution in [0.5, 0.6) is 0 Å². The van der Waals surface area contributed by atoms with Gasteiger partial charge in [-0.3, -0.25) is 4.79 Å². The highest BCUT2D eigenvalue weighted by molar-refractivity contribution is 7.17. The third kappa shape index (κ3) is 2.53. The van der Waals surface area contributed by atoms with E-state index in [-0.39, 0.29) is 11.9 Å². The zero-order valence-corrected chi connectivity index (χ0v) is 11.6. The van der Waals surface area contributed by atoms with Gasteiger partial charge >= 0.3 is 0 Å². The van der Waals surface area contributed by atoms with Gasteiger partial charge in [-0.2, -0.15) is 0 Å². The second kappa shape index (κ2) is 5.13. The van der Waals surface area contributed by atoms with Crippen molar-refractivity contribution >= 4 is 33.3 Å². The predicted molar refractivity (Wildman–Crippen MR) is 76.5 cm³/mol. The van der Waals surface area contributed by atoms with E-state index in [1.54, 1.807) is 24.6 Å². The SMILES string of the molecule is CC(=O)NC1CCCN(c2ncnc3ccsc23)C1. The lowest BCUT2D eigenvalue weighted by Gasteiger charge is -2.33. The number of rotatable bonds is 2. The number of piperidine rings is 1. The van der Waals surface area contributed by atoms with Gasteiger partial charge in [0.1, 0.15) is 12.1 Å². The molecule has 1 fully saturated rings. The van der Waals surface area contributed by atoms with E-state index in [0.29, 0.717) is 0 Å². The lowest BCUT2D eigenvalue weighted by molar-refractivity contribution is -0.119. The zero-order chi connectivity index (χ0) is 13.2. The first-order chi connectivity index (χ1) is 9.24. The lowest BCUT2D eigenvalue weighted by Crippen LogP contribution is -2.47. The molecule has 0 spiro atoms. The van der Waals surface area contributed by atoms with Crippen LogP contribution in [0, 0.1) is 0 Å². The molecule has 19 heavy (non-hydrogen) atoms. The molecule has 2 aromatic heterocycles. The summed E-state index contributed by atoms with van der Waals surface area (Å²) in [6, 6.07) is 2.23. The summed E-state index contributed by atoms with van der Waals surface area (Å²) in [5.74, 6) is 1.03. The normalized spacial score (nSPS) is 19.6. The Bertz CT molecular complexity index is 597. The Kier molecular flexibility index (Phi) is 3.33. The van der Waals surface area contributed by atoms with Crippen molar-refractivity contribution in [1.82, 2.24) is 15.3 Å². The molecule has 0 radical (unpaired) electrons. The summed E-state index contributed by atoms with van der Waals surface area (Å²) in [5, 5.41) is 5.04. The molecule has 6 heteroatoms. The lowest BCUT2D eigenvalue weighted by atomic mass is 10.1. The fourth-order valence-electron chi connectivity index (χ4n) is 2.58. The molecule has 3 heterocycles. The number of carbonyl (C=O) groups excluding carboxylic acids is 1. The number of hydrogen-bond acceptors (Lipinski definition) is 5. The van der Waals surface area contributed by atoms with Crippen molar-refractivity contribution in [2.75, 3.05) is 18.0 Å². The number of hydrogen-bond donors (Lipinski definition) is 1. The van der Waals surface area contributed by atoms with Crippen molar-refractivity contribution in [3.05, 3.63) is 17.8 Å². The van der Waals surface area contributed by atoms with Gasteiger partial charge in [-0.15, -0.1) is 11.3 Å². The van der Waals surface area contributed by atoms with E-state index in [1.165, 1.54) is 0 Å². The van der Waals surface area contributed by atoms with Crippen molar-refractivity contribution in [2.24, 2.45) is 0 Å². The molecule has 1 amide bonds. The molecular formula is C13H16N4OS. The smallest absolute Gasteiger partial charge is 0.217 e. The molecule has 0 aliphatic carbocycles. The van der Waals surface area contributed by atoms with Crippen LogP contribution in [0.2, 0.25) is 0 Å². The quantitative estimate of drug-likeness (QED) is 0.908. The second-order valence-electron chi connectivity index (χ2n) is 4.82. The van der Waals surface area contributed by atoms with Gasteiger partial charge in [0.2, 0.25) is 5.91 Å². The molecule has 2 aromatic rings. The topological polar surface area (TPSA) is 58.1 Å². The molecular weight excluding hydrogens is 260 g/mol. The van der Waals surface area contributed by atoms with E-state index in [4.69, 9.17) is 0 Å². The first kappa shape index (κ1) is 12.3. The van der Waals surface area contributed by atoms with Crippen molar-refractivity contribution in [1.29, 1.82) is 0 Å². The summed E-state index contributed by atoms with van der Waals surface area (Å²) < 4.78 is 1.13. The average molecular weight is 276 g/mol. The minimum atomic E-state index is 0.0378. The number of aromatic nitrogens is 2. The van der Waals surface area contributed by atoms with Crippen LogP contribution in [0.4, 0.5) is 5.82 Å². The molecule has 1 unspecified atom stereocenters. The number of thiophene rings is 1. The molecule has 3 rings (SSSR count). The summed E-state index contributed by atoms with van der Waals surface area (Å²) in [7, 11) is 0. The maximum Gasteiger partial charge on any atom is 0.217 e. The summed E-state index contributed by atoms with van der Waals surface area (Å²) in [6.07, 6.45) is 3.73. The van der Waals surface area contributed by atoms with Gasteiger partial charge < -0.3 is 10.2 Å². The minimum Gasteiger partial charge on any atom is -0.353 e. The van der Waals surface area contributed by atoms with E-state index in [2.05, 4.69) is 20.2 Å². The van der Waals surface area contributed by atoms with Crippen LogP contribution < -0.4 is 10.2 Å². The maximum absolute atomic E-state index is 11.2. The highest BCUT2D eigenvalue weighted by Crippen LogP contribution is 2.29. The molecule has 1 aliphatic heterocycles. The molecule has 0 bridgehead atoms. The van der Waals surface area contributed by atoms with Gasteiger partial charge in [-0.25, -0.2) is 9.97 Å². The first-order valence-corrected chi connectivity index (χ1v) is 7.32. The number of nitrogens with one attached hydrogen (secondary N) is 1. The van der Waals surface area contributed by atoms with Crippen LogP contribution in [0.3, 0.4) is 0 Å². The van der Waals surface area contributed by atoms with Crippen LogP contribution >= 0.6 is 11.3 Å². The van der Waals surface area contributed by atoms with Crippen LogP contribution in [0.1, 0.15) is 19.8 Å². The molecule has 1 N–H and O–H groups in total. The number of fused-ring (bicyclic) bond motifs is 1. The number of carbonyl (C=O) groups is 1. The molecule has 0 aromatic carbocycles. The molecule has 1 aliphatic rings. The monoisotopic (exact) mass is 276 g/mol. The second-order valence-corrected chi connectivity index (χ2v) is 5.73. The third-order valence-corrected chi connectivity index (χ3v) is 4.25. The molecule has 1 atom stereocenters. The summed E-state index contributed by atoms with van der Waals surface area (Å²) in [6.45, 7) is 3.38. The highest BCUT2D eigenvalue weighted by atomic mass is 32.1. The number of amides is 1. The van der Waals surface area contributed by atoms with Gasteiger partial charge in [0.25, 0.3) is 0 Å². The highest BCUT2D eigenvalue weighted by Gasteiger charge is 2.23. The Balaban J connectivity index is 1.85. The predicted octanol–water partition coefficient (Wildman–Crippen LogP) is 1.80. The van der Waals surface area contributed by atoms with Crippen LogP contribution in [-0.2, 0) is 4.79 Å². The number of anilines is 1. The fourth-order valence-corrected chi connectivity index (χ4v) is 3.44. The van der Waals surface area contributed by atoms with E-state index < -0.39 is 0 Å². The van der Waals surface area contributed by atoms with Crippen molar-refractivity contribution in [3.8, 4) is 0 Å². The zero-order valence-electron chi connectivity index (χ0n) is 10.8. The fraction of sp³-hybridized carbons (Fsp3) is 0.462. The summed E-state index contributed by atoms with van der Waals surface area (Å²) >= 11 is 1.67. The van der Waals surface area contributed by atoms with Crippen LogP contribution in [-0.4, -0.2) is 35.0 Å².